The van der Waals surface area contributed by atoms with Crippen LogP contribution < -0.4 is 0 Å². The molecule has 0 fully saturated rings. The zero-order valence-electron chi connectivity index (χ0n) is 7.19. The molecule has 1 aromatic carbocycles. The van der Waals surface area contributed by atoms with Gasteiger partial charge in [-0.1, -0.05) is 31.9 Å². The SMILES string of the molecule is Oc1ccc(Br)cc1C(O)C(O)CBr. The fraction of sp³-hybridized carbons (Fsp3) is 0.333. The normalized spacial score (nSPS) is 15.1. The first-order chi connectivity index (χ1) is 6.56. The molecule has 1 aromatic rings. The van der Waals surface area contributed by atoms with Crippen molar-refractivity contribution in [2.45, 2.75) is 12.2 Å². The highest BCUT2D eigenvalue weighted by atomic mass is 79.9. The van der Waals surface area contributed by atoms with E-state index >= 15 is 0 Å². The number of phenolic OH excluding ortho intramolecular Hbond substituents is 1. The maximum absolute atomic E-state index is 9.63. The van der Waals surface area contributed by atoms with Gasteiger partial charge in [-0.2, -0.15) is 0 Å². The zero-order chi connectivity index (χ0) is 10.7. The highest BCUT2D eigenvalue weighted by Gasteiger charge is 2.20. The molecular weight excluding hydrogens is 316 g/mol. The Hall–Kier alpha value is -0.100. The Kier molecular flexibility index (Phi) is 4.37. The lowest BCUT2D eigenvalue weighted by Crippen LogP contribution is -2.19. The first-order valence-corrected chi connectivity index (χ1v) is 5.88. The number of alkyl halides is 1. The molecule has 0 aliphatic heterocycles. The third-order valence-electron chi connectivity index (χ3n) is 1.83. The van der Waals surface area contributed by atoms with E-state index in [-0.39, 0.29) is 11.1 Å². The number of phenols is 1. The third-order valence-corrected chi connectivity index (χ3v) is 2.99. The van der Waals surface area contributed by atoms with Crippen molar-refractivity contribution in [3.63, 3.8) is 0 Å². The van der Waals surface area contributed by atoms with Crippen LogP contribution >= 0.6 is 31.9 Å². The van der Waals surface area contributed by atoms with Gasteiger partial charge < -0.3 is 15.3 Å². The number of halogens is 2. The van der Waals surface area contributed by atoms with Crippen molar-refractivity contribution in [3.8, 4) is 5.75 Å². The number of aromatic hydroxyl groups is 1. The quantitative estimate of drug-likeness (QED) is 0.744. The number of hydrogen-bond donors (Lipinski definition) is 3. The van der Waals surface area contributed by atoms with Crippen molar-refractivity contribution < 1.29 is 15.3 Å². The standard InChI is InChI=1S/C9H10Br2O3/c10-4-8(13)9(14)6-3-5(11)1-2-7(6)12/h1-3,8-9,12-14H,4H2. The topological polar surface area (TPSA) is 60.7 Å². The molecule has 0 aliphatic carbocycles. The summed E-state index contributed by atoms with van der Waals surface area (Å²) in [5, 5.41) is 28.7. The molecule has 0 saturated heterocycles. The molecule has 0 aromatic heterocycles. The monoisotopic (exact) mass is 324 g/mol. The van der Waals surface area contributed by atoms with Crippen LogP contribution in [0.3, 0.4) is 0 Å². The highest BCUT2D eigenvalue weighted by molar-refractivity contribution is 9.10. The molecule has 14 heavy (non-hydrogen) atoms. The molecule has 0 spiro atoms. The summed E-state index contributed by atoms with van der Waals surface area (Å²) in [4.78, 5) is 0. The number of rotatable bonds is 3. The predicted octanol–water partition coefficient (Wildman–Crippen LogP) is 1.94. The largest absolute Gasteiger partial charge is 0.508 e. The second-order valence-corrected chi connectivity index (χ2v) is 4.43. The fourth-order valence-corrected chi connectivity index (χ4v) is 1.79. The lowest BCUT2D eigenvalue weighted by atomic mass is 10.0. The van der Waals surface area contributed by atoms with Crippen LogP contribution in [-0.2, 0) is 0 Å². The molecule has 2 unspecified atom stereocenters. The Labute approximate surface area is 98.6 Å². The molecule has 3 nitrogen and oxygen atoms in total. The van der Waals surface area contributed by atoms with E-state index in [1.54, 1.807) is 12.1 Å². The van der Waals surface area contributed by atoms with E-state index in [1.807, 2.05) is 0 Å². The van der Waals surface area contributed by atoms with Gasteiger partial charge in [-0.05, 0) is 18.2 Å². The van der Waals surface area contributed by atoms with E-state index < -0.39 is 12.2 Å². The second kappa shape index (κ2) is 5.11. The molecule has 0 bridgehead atoms. The molecule has 2 atom stereocenters. The summed E-state index contributed by atoms with van der Waals surface area (Å²) >= 11 is 6.27. The Morgan fingerprint density at radius 1 is 1.29 bits per heavy atom. The zero-order valence-corrected chi connectivity index (χ0v) is 10.4. The van der Waals surface area contributed by atoms with Crippen LogP contribution in [0.1, 0.15) is 11.7 Å². The Bertz CT molecular complexity index is 317. The summed E-state index contributed by atoms with van der Waals surface area (Å²) in [6.07, 6.45) is -2.03. The van der Waals surface area contributed by atoms with E-state index in [2.05, 4.69) is 31.9 Å². The minimum absolute atomic E-state index is 0.0271. The summed E-state index contributed by atoms with van der Waals surface area (Å²) in [6, 6.07) is 4.70. The van der Waals surface area contributed by atoms with Gasteiger partial charge >= 0.3 is 0 Å². The molecule has 78 valence electrons. The van der Waals surface area contributed by atoms with Gasteiger partial charge in [0.2, 0.25) is 0 Å². The summed E-state index contributed by atoms with van der Waals surface area (Å²) < 4.78 is 0.742. The van der Waals surface area contributed by atoms with Crippen LogP contribution in [-0.4, -0.2) is 26.8 Å². The highest BCUT2D eigenvalue weighted by Crippen LogP contribution is 2.29. The Morgan fingerprint density at radius 2 is 1.93 bits per heavy atom. The van der Waals surface area contributed by atoms with Crippen LogP contribution in [0.5, 0.6) is 5.75 Å². The average molecular weight is 326 g/mol. The molecule has 5 heteroatoms. The van der Waals surface area contributed by atoms with Crippen molar-refractivity contribution in [3.05, 3.63) is 28.2 Å². The van der Waals surface area contributed by atoms with E-state index in [9.17, 15) is 15.3 Å². The third kappa shape index (κ3) is 2.70. The summed E-state index contributed by atoms with van der Waals surface area (Å²) in [5.74, 6) is -0.0271. The van der Waals surface area contributed by atoms with Crippen LogP contribution in [0.2, 0.25) is 0 Å². The number of aliphatic hydroxyl groups is 2. The fourth-order valence-electron chi connectivity index (χ4n) is 1.05. The van der Waals surface area contributed by atoms with Gasteiger partial charge in [-0.25, -0.2) is 0 Å². The molecule has 0 amide bonds. The minimum atomic E-state index is -1.09. The van der Waals surface area contributed by atoms with Crippen molar-refractivity contribution in [1.29, 1.82) is 0 Å². The first-order valence-electron chi connectivity index (χ1n) is 3.96. The minimum Gasteiger partial charge on any atom is -0.508 e. The summed E-state index contributed by atoms with van der Waals surface area (Å²) in [7, 11) is 0. The van der Waals surface area contributed by atoms with E-state index in [0.29, 0.717) is 5.56 Å². The second-order valence-electron chi connectivity index (χ2n) is 2.87. The lowest BCUT2D eigenvalue weighted by molar-refractivity contribution is 0.0327. The van der Waals surface area contributed by atoms with Gasteiger partial charge in [0.25, 0.3) is 0 Å². The van der Waals surface area contributed by atoms with E-state index in [1.165, 1.54) is 6.07 Å². The maximum Gasteiger partial charge on any atom is 0.121 e. The van der Waals surface area contributed by atoms with Crippen molar-refractivity contribution in [1.82, 2.24) is 0 Å². The summed E-state index contributed by atoms with van der Waals surface area (Å²) in [6.45, 7) is 0. The Morgan fingerprint density at radius 3 is 2.50 bits per heavy atom. The van der Waals surface area contributed by atoms with Gasteiger partial charge in [0.1, 0.15) is 11.9 Å². The summed E-state index contributed by atoms with van der Waals surface area (Å²) in [5.41, 5.74) is 0.311. The van der Waals surface area contributed by atoms with E-state index in [4.69, 9.17) is 0 Å². The average Bonchev–Trinajstić information content (AvgIpc) is 2.19. The van der Waals surface area contributed by atoms with Gasteiger partial charge in [0, 0.05) is 15.4 Å². The smallest absolute Gasteiger partial charge is 0.121 e. The van der Waals surface area contributed by atoms with Gasteiger partial charge in [-0.3, -0.25) is 0 Å². The van der Waals surface area contributed by atoms with Gasteiger partial charge in [0.05, 0.1) is 6.10 Å². The molecule has 3 N–H and O–H groups in total. The maximum atomic E-state index is 9.63. The van der Waals surface area contributed by atoms with E-state index in [0.717, 1.165) is 4.47 Å². The Balaban J connectivity index is 2.99. The predicted molar refractivity (Wildman–Crippen MR) is 60.6 cm³/mol. The van der Waals surface area contributed by atoms with Crippen molar-refractivity contribution >= 4 is 31.9 Å². The van der Waals surface area contributed by atoms with Gasteiger partial charge in [0.15, 0.2) is 0 Å². The molecule has 1 rings (SSSR count). The van der Waals surface area contributed by atoms with Gasteiger partial charge in [-0.15, -0.1) is 0 Å². The molecule has 0 saturated carbocycles. The molecular formula is C9H10Br2O3. The molecule has 0 radical (unpaired) electrons. The number of benzene rings is 1. The number of aliphatic hydroxyl groups excluding tert-OH is 2. The molecule has 0 heterocycles. The lowest BCUT2D eigenvalue weighted by Gasteiger charge is -2.17. The first kappa shape index (κ1) is 12.0. The number of hydrogen-bond acceptors (Lipinski definition) is 3. The van der Waals surface area contributed by atoms with Crippen LogP contribution in [0.25, 0.3) is 0 Å². The van der Waals surface area contributed by atoms with Crippen LogP contribution in [0.4, 0.5) is 0 Å². The van der Waals surface area contributed by atoms with Crippen LogP contribution in [0.15, 0.2) is 22.7 Å². The van der Waals surface area contributed by atoms with Crippen molar-refractivity contribution in [2.75, 3.05) is 5.33 Å². The molecule has 0 aliphatic rings. The van der Waals surface area contributed by atoms with Crippen molar-refractivity contribution in [2.24, 2.45) is 0 Å². The van der Waals surface area contributed by atoms with Crippen LogP contribution in [0, 0.1) is 0 Å².